The first-order valence-corrected chi connectivity index (χ1v) is 7.68. The molecule has 0 aromatic heterocycles. The fourth-order valence-electron chi connectivity index (χ4n) is 2.26. The number of carbonyl (C=O) groups excluding carboxylic acids is 2. The van der Waals surface area contributed by atoms with Gasteiger partial charge in [-0.25, -0.2) is 0 Å². The summed E-state index contributed by atoms with van der Waals surface area (Å²) in [6.45, 7) is 2.60. The van der Waals surface area contributed by atoms with Crippen molar-refractivity contribution in [3.8, 4) is 0 Å². The molecule has 2 unspecified atom stereocenters. The summed E-state index contributed by atoms with van der Waals surface area (Å²) in [5.41, 5.74) is 8.69. The Morgan fingerprint density at radius 2 is 2.12 bits per heavy atom. The van der Waals surface area contributed by atoms with Gasteiger partial charge in [0.05, 0.1) is 18.7 Å². The molecule has 11 nitrogen and oxygen atoms in total. The van der Waals surface area contributed by atoms with Gasteiger partial charge in [-0.3, -0.25) is 4.79 Å². The number of aliphatic carboxylic acids is 1. The van der Waals surface area contributed by atoms with Gasteiger partial charge in [0.15, 0.2) is 0 Å². The summed E-state index contributed by atoms with van der Waals surface area (Å²) in [5, 5.41) is 45.8. The van der Waals surface area contributed by atoms with E-state index in [0.29, 0.717) is 6.42 Å². The molecular weight excluding hydrogens is 359 g/mol. The van der Waals surface area contributed by atoms with E-state index in [0.717, 1.165) is 6.08 Å². The van der Waals surface area contributed by atoms with Crippen LogP contribution in [-0.2, 0) is 14.3 Å². The minimum atomic E-state index is -1.76. The van der Waals surface area contributed by atoms with Crippen LogP contribution in [0.2, 0.25) is 0 Å². The molecule has 0 bridgehead atoms. The molecule has 0 aliphatic carbocycles. The maximum absolute atomic E-state index is 12.2. The van der Waals surface area contributed by atoms with Crippen molar-refractivity contribution in [2.75, 3.05) is 6.61 Å². The van der Waals surface area contributed by atoms with E-state index in [4.69, 9.17) is 15.4 Å². The molecule has 0 aromatic rings. The van der Waals surface area contributed by atoms with Gasteiger partial charge in [0.2, 0.25) is 5.91 Å². The number of carboxylic acid groups (broad SMARTS) is 1. The maximum Gasteiger partial charge on any atom is 1.00 e. The van der Waals surface area contributed by atoms with Crippen LogP contribution in [-0.4, -0.2) is 64.2 Å². The van der Waals surface area contributed by atoms with Gasteiger partial charge in [-0.05, 0) is 18.0 Å². The van der Waals surface area contributed by atoms with E-state index in [1.54, 1.807) is 13.8 Å². The average Bonchev–Trinajstić information content (AvgIpc) is 2.60. The number of azide groups is 1. The fourth-order valence-corrected chi connectivity index (χ4v) is 2.26. The van der Waals surface area contributed by atoms with Crippen molar-refractivity contribution < 1.29 is 64.3 Å². The zero-order valence-electron chi connectivity index (χ0n) is 14.8. The number of hydrogen-bond acceptors (Lipinski definition) is 8. The Kier molecular flexibility index (Phi) is 10.8. The van der Waals surface area contributed by atoms with Crippen LogP contribution in [0.5, 0.6) is 0 Å². The molecule has 0 saturated carbocycles. The Morgan fingerprint density at radius 1 is 1.50 bits per heavy atom. The van der Waals surface area contributed by atoms with Gasteiger partial charge in [-0.15, -0.1) is 0 Å². The number of nitrogens with zero attached hydrogens (tertiary/aromatic N) is 3. The molecule has 140 valence electrons. The van der Waals surface area contributed by atoms with Crippen molar-refractivity contribution >= 4 is 11.9 Å². The first-order valence-electron chi connectivity index (χ1n) is 7.68. The van der Waals surface area contributed by atoms with Gasteiger partial charge in [0, 0.05) is 10.8 Å². The molecule has 0 fully saturated rings. The number of carbonyl (C=O) groups is 2. The molecular formula is C14H21N4NaO7. The number of aliphatic hydroxyl groups excluding tert-OH is 3. The second kappa shape index (κ2) is 11.4. The SMILES string of the molecule is CCC(C)C(=O)N[C@@H]1C(N=[N+]=[N-])C=C(C(=O)[O-])O[C@H]1[C@H](O)[C@H](O)CO.[Na+]. The molecule has 0 saturated heterocycles. The van der Waals surface area contributed by atoms with Crippen LogP contribution in [0.1, 0.15) is 20.3 Å². The molecule has 1 rings (SSSR count). The van der Waals surface area contributed by atoms with Crippen molar-refractivity contribution in [3.63, 3.8) is 0 Å². The summed E-state index contributed by atoms with van der Waals surface area (Å²) < 4.78 is 5.12. The molecule has 6 atom stereocenters. The van der Waals surface area contributed by atoms with Gasteiger partial charge in [-0.2, -0.15) is 0 Å². The van der Waals surface area contributed by atoms with E-state index < -0.39 is 60.6 Å². The number of ether oxygens (including phenoxy) is 1. The van der Waals surface area contributed by atoms with Crippen molar-refractivity contribution in [1.82, 2.24) is 5.32 Å². The molecule has 4 N–H and O–H groups in total. The smallest absolute Gasteiger partial charge is 0.542 e. The Labute approximate surface area is 171 Å². The average molecular weight is 380 g/mol. The summed E-state index contributed by atoms with van der Waals surface area (Å²) in [6.07, 6.45) is -3.44. The predicted molar refractivity (Wildman–Crippen MR) is 81.4 cm³/mol. The molecule has 12 heteroatoms. The number of hydrogen-bond donors (Lipinski definition) is 4. The van der Waals surface area contributed by atoms with E-state index in [1.165, 1.54) is 0 Å². The molecule has 0 aromatic carbocycles. The number of aliphatic hydroxyl groups is 3. The van der Waals surface area contributed by atoms with E-state index in [9.17, 15) is 24.9 Å². The summed E-state index contributed by atoms with van der Waals surface area (Å²) in [7, 11) is 0. The van der Waals surface area contributed by atoms with Crippen LogP contribution in [0.15, 0.2) is 16.9 Å². The van der Waals surface area contributed by atoms with E-state index in [2.05, 4.69) is 15.3 Å². The number of rotatable bonds is 8. The van der Waals surface area contributed by atoms with E-state index >= 15 is 0 Å². The summed E-state index contributed by atoms with van der Waals surface area (Å²) in [5.74, 6) is -3.27. The standard InChI is InChI=1S/C14H22N4O7.Na/c1-3-6(2)13(22)16-10-7(17-18-15)4-9(14(23)24)25-12(10)11(21)8(20)5-19;/h4,6-8,10-12,19-21H,3,5H2,1-2H3,(H,16,22)(H,23,24);/q;+1/p-1/t6?,7?,8-,10-,11-,12-;/m1./s1. The van der Waals surface area contributed by atoms with Crippen molar-refractivity contribution in [2.24, 2.45) is 11.0 Å². The fraction of sp³-hybridized carbons (Fsp3) is 0.714. The van der Waals surface area contributed by atoms with Crippen molar-refractivity contribution in [3.05, 3.63) is 22.3 Å². The molecule has 1 heterocycles. The van der Waals surface area contributed by atoms with E-state index in [-0.39, 0.29) is 29.6 Å². The number of nitrogens with one attached hydrogen (secondary N) is 1. The van der Waals surface area contributed by atoms with Crippen LogP contribution in [0, 0.1) is 5.92 Å². The molecule has 26 heavy (non-hydrogen) atoms. The van der Waals surface area contributed by atoms with E-state index in [1.807, 2.05) is 0 Å². The Hall–Kier alpha value is -1.33. The van der Waals surface area contributed by atoms with Crippen LogP contribution < -0.4 is 40.0 Å². The van der Waals surface area contributed by atoms with Crippen molar-refractivity contribution in [2.45, 2.75) is 50.7 Å². The van der Waals surface area contributed by atoms with Gasteiger partial charge >= 0.3 is 29.6 Å². The molecule has 1 aliphatic heterocycles. The van der Waals surface area contributed by atoms with Crippen LogP contribution >= 0.6 is 0 Å². The minimum Gasteiger partial charge on any atom is -0.542 e. The normalized spacial score (nSPS) is 25.3. The summed E-state index contributed by atoms with van der Waals surface area (Å²) in [4.78, 5) is 25.8. The molecule has 0 spiro atoms. The first-order chi connectivity index (χ1) is 11.8. The quantitative estimate of drug-likeness (QED) is 0.140. The molecule has 1 aliphatic rings. The monoisotopic (exact) mass is 380 g/mol. The predicted octanol–water partition coefficient (Wildman–Crippen LogP) is -5.05. The molecule has 1 amide bonds. The third-order valence-corrected chi connectivity index (χ3v) is 3.98. The Bertz CT molecular complexity index is 582. The first kappa shape index (κ1) is 24.7. The number of amides is 1. The largest absolute Gasteiger partial charge is 1.00 e. The van der Waals surface area contributed by atoms with Gasteiger partial charge in [0.1, 0.15) is 30.0 Å². The maximum atomic E-state index is 12.2. The third-order valence-electron chi connectivity index (χ3n) is 3.98. The van der Waals surface area contributed by atoms with Crippen molar-refractivity contribution in [1.29, 1.82) is 0 Å². The van der Waals surface area contributed by atoms with Crippen LogP contribution in [0.25, 0.3) is 10.4 Å². The topological polar surface area (TPSA) is 188 Å². The summed E-state index contributed by atoms with van der Waals surface area (Å²) >= 11 is 0. The van der Waals surface area contributed by atoms with Gasteiger partial charge in [0.25, 0.3) is 0 Å². The van der Waals surface area contributed by atoms with Crippen LogP contribution in [0.4, 0.5) is 0 Å². The van der Waals surface area contributed by atoms with Gasteiger partial charge in [-0.1, -0.05) is 19.0 Å². The molecule has 0 radical (unpaired) electrons. The number of carboxylic acids is 1. The second-order valence-electron chi connectivity index (χ2n) is 5.68. The third kappa shape index (κ3) is 6.13. The Morgan fingerprint density at radius 3 is 2.58 bits per heavy atom. The van der Waals surface area contributed by atoms with Crippen LogP contribution in [0.3, 0.4) is 0 Å². The Balaban J connectivity index is 0.00000625. The minimum absolute atomic E-state index is 0. The summed E-state index contributed by atoms with van der Waals surface area (Å²) in [6, 6.07) is -2.36. The zero-order chi connectivity index (χ0) is 19.1. The second-order valence-corrected chi connectivity index (χ2v) is 5.68. The van der Waals surface area contributed by atoms with Gasteiger partial charge < -0.3 is 35.3 Å². The zero-order valence-corrected chi connectivity index (χ0v) is 16.8.